The minimum Gasteiger partial charge on any atom is -0.103 e. The number of allylic oxidation sites excluding steroid dienone is 2. The topological polar surface area (TPSA) is 0 Å². The molecule has 70 valence electrons. The molecule has 0 heterocycles. The van der Waals surface area contributed by atoms with Crippen LogP contribution in [0.5, 0.6) is 0 Å². The van der Waals surface area contributed by atoms with E-state index in [4.69, 9.17) is 0 Å². The van der Waals surface area contributed by atoms with Crippen LogP contribution in [0.4, 0.5) is 0 Å². The third kappa shape index (κ3) is 6.21. The van der Waals surface area contributed by atoms with Crippen molar-refractivity contribution < 1.29 is 0 Å². The summed E-state index contributed by atoms with van der Waals surface area (Å²) in [5.41, 5.74) is 1.30. The Labute approximate surface area is 77.4 Å². The van der Waals surface area contributed by atoms with Gasteiger partial charge in [-0.15, -0.1) is 13.2 Å². The van der Waals surface area contributed by atoms with Crippen LogP contribution in [-0.2, 0) is 0 Å². The minimum absolute atomic E-state index is 0.664. The Balaban J connectivity index is 3.49. The van der Waals surface area contributed by atoms with E-state index < -0.39 is 0 Å². The highest BCUT2D eigenvalue weighted by atomic mass is 14.1. The molecular formula is C12H22. The van der Waals surface area contributed by atoms with Crippen LogP contribution in [0.25, 0.3) is 0 Å². The molecule has 0 fully saturated rings. The molecule has 0 spiro atoms. The van der Waals surface area contributed by atoms with Gasteiger partial charge >= 0.3 is 0 Å². The molecule has 12 heavy (non-hydrogen) atoms. The van der Waals surface area contributed by atoms with Crippen LogP contribution in [0.2, 0.25) is 0 Å². The van der Waals surface area contributed by atoms with Gasteiger partial charge in [0, 0.05) is 0 Å². The van der Waals surface area contributed by atoms with E-state index in [-0.39, 0.29) is 0 Å². The molecule has 0 aromatic carbocycles. The molecule has 0 aliphatic rings. The van der Waals surface area contributed by atoms with Gasteiger partial charge in [-0.25, -0.2) is 0 Å². The lowest BCUT2D eigenvalue weighted by atomic mass is 9.94. The van der Waals surface area contributed by atoms with Gasteiger partial charge in [0.05, 0.1) is 0 Å². The van der Waals surface area contributed by atoms with E-state index in [1.807, 2.05) is 6.08 Å². The molecule has 0 nitrogen and oxygen atoms in total. The van der Waals surface area contributed by atoms with Gasteiger partial charge in [-0.1, -0.05) is 25.5 Å². The van der Waals surface area contributed by atoms with E-state index in [1.165, 1.54) is 24.8 Å². The molecule has 0 rings (SSSR count). The summed E-state index contributed by atoms with van der Waals surface area (Å²) in [7, 11) is 0. The lowest BCUT2D eigenvalue weighted by molar-refractivity contribution is 0.468. The largest absolute Gasteiger partial charge is 0.103 e. The molecule has 0 aliphatic carbocycles. The predicted octanol–water partition coefficient (Wildman–Crippen LogP) is 4.19. The Kier molecular flexibility index (Phi) is 5.79. The summed E-state index contributed by atoms with van der Waals surface area (Å²) < 4.78 is 0. The van der Waals surface area contributed by atoms with Crippen molar-refractivity contribution in [3.05, 3.63) is 24.8 Å². The Morgan fingerprint density at radius 3 is 2.33 bits per heavy atom. The van der Waals surface area contributed by atoms with Crippen molar-refractivity contribution >= 4 is 0 Å². The maximum atomic E-state index is 3.92. The van der Waals surface area contributed by atoms with E-state index >= 15 is 0 Å². The molecule has 0 heteroatoms. The van der Waals surface area contributed by atoms with Gasteiger partial charge in [-0.3, -0.25) is 0 Å². The van der Waals surface area contributed by atoms with Gasteiger partial charge in [0.1, 0.15) is 0 Å². The van der Waals surface area contributed by atoms with Crippen LogP contribution in [0.3, 0.4) is 0 Å². The smallest absolute Gasteiger partial charge is 0.0265 e. The number of hydrogen-bond acceptors (Lipinski definition) is 0. The van der Waals surface area contributed by atoms with Crippen molar-refractivity contribution in [3.63, 3.8) is 0 Å². The molecule has 0 aromatic heterocycles. The molecule has 2 atom stereocenters. The normalized spacial score (nSPS) is 15.2. The van der Waals surface area contributed by atoms with Crippen molar-refractivity contribution in [3.8, 4) is 0 Å². The molecule has 0 N–H and O–H groups in total. The molecule has 0 saturated heterocycles. The fraction of sp³-hybridized carbons (Fsp3) is 0.667. The highest BCUT2D eigenvalue weighted by Crippen LogP contribution is 2.18. The summed E-state index contributed by atoms with van der Waals surface area (Å²) in [4.78, 5) is 0. The van der Waals surface area contributed by atoms with Crippen molar-refractivity contribution in [2.75, 3.05) is 0 Å². The van der Waals surface area contributed by atoms with Gasteiger partial charge in [0.25, 0.3) is 0 Å². The van der Waals surface area contributed by atoms with Gasteiger partial charge < -0.3 is 0 Å². The van der Waals surface area contributed by atoms with Crippen LogP contribution < -0.4 is 0 Å². The van der Waals surface area contributed by atoms with Crippen LogP contribution in [0, 0.1) is 11.8 Å². The Morgan fingerprint density at radius 2 is 1.92 bits per heavy atom. The first-order chi connectivity index (χ1) is 5.56. The highest BCUT2D eigenvalue weighted by Gasteiger charge is 2.03. The monoisotopic (exact) mass is 166 g/mol. The summed E-state index contributed by atoms with van der Waals surface area (Å²) in [6.07, 6.45) is 5.76. The highest BCUT2D eigenvalue weighted by molar-refractivity contribution is 4.89. The molecule has 0 radical (unpaired) electrons. The van der Waals surface area contributed by atoms with Crippen LogP contribution in [-0.4, -0.2) is 0 Å². The van der Waals surface area contributed by atoms with Crippen LogP contribution >= 0.6 is 0 Å². The van der Waals surface area contributed by atoms with Gasteiger partial charge in [-0.05, 0) is 38.0 Å². The zero-order valence-corrected chi connectivity index (χ0v) is 8.77. The number of rotatable bonds is 6. The second-order valence-corrected chi connectivity index (χ2v) is 4.06. The second-order valence-electron chi connectivity index (χ2n) is 4.06. The van der Waals surface area contributed by atoms with Crippen LogP contribution in [0.15, 0.2) is 24.8 Å². The SMILES string of the molecule is C=CC(C)CCC(C)CC(=C)C. The average Bonchev–Trinajstić information content (AvgIpc) is 1.99. The lowest BCUT2D eigenvalue weighted by Crippen LogP contribution is -1.98. The molecule has 0 amide bonds. The van der Waals surface area contributed by atoms with Crippen LogP contribution in [0.1, 0.15) is 40.0 Å². The zero-order valence-electron chi connectivity index (χ0n) is 8.77. The van der Waals surface area contributed by atoms with E-state index in [2.05, 4.69) is 33.9 Å². The Hall–Kier alpha value is -0.520. The van der Waals surface area contributed by atoms with Crippen molar-refractivity contribution in [1.29, 1.82) is 0 Å². The van der Waals surface area contributed by atoms with Crippen molar-refractivity contribution in [1.82, 2.24) is 0 Å². The fourth-order valence-corrected chi connectivity index (χ4v) is 1.36. The van der Waals surface area contributed by atoms with Gasteiger partial charge in [0.2, 0.25) is 0 Å². The quantitative estimate of drug-likeness (QED) is 0.519. The lowest BCUT2D eigenvalue weighted by Gasteiger charge is -2.12. The first-order valence-electron chi connectivity index (χ1n) is 4.83. The molecule has 0 bridgehead atoms. The minimum atomic E-state index is 0.664. The average molecular weight is 166 g/mol. The van der Waals surface area contributed by atoms with Crippen molar-refractivity contribution in [2.45, 2.75) is 40.0 Å². The fourth-order valence-electron chi connectivity index (χ4n) is 1.36. The first-order valence-corrected chi connectivity index (χ1v) is 4.83. The third-order valence-electron chi connectivity index (χ3n) is 2.21. The number of hydrogen-bond donors (Lipinski definition) is 0. The van der Waals surface area contributed by atoms with E-state index in [1.54, 1.807) is 0 Å². The summed E-state index contributed by atoms with van der Waals surface area (Å²) in [5.74, 6) is 1.45. The van der Waals surface area contributed by atoms with E-state index in [0.29, 0.717) is 5.92 Å². The predicted molar refractivity (Wildman–Crippen MR) is 57.2 cm³/mol. The molecule has 2 unspecified atom stereocenters. The van der Waals surface area contributed by atoms with Gasteiger partial charge in [0.15, 0.2) is 0 Å². The summed E-state index contributed by atoms with van der Waals surface area (Å²) in [6.45, 7) is 14.3. The molecule has 0 aliphatic heterocycles. The summed E-state index contributed by atoms with van der Waals surface area (Å²) in [6, 6.07) is 0. The summed E-state index contributed by atoms with van der Waals surface area (Å²) >= 11 is 0. The standard InChI is InChI=1S/C12H22/c1-6-11(4)7-8-12(5)9-10(2)3/h6,11-12H,1-2,7-9H2,3-5H3. The van der Waals surface area contributed by atoms with Crippen molar-refractivity contribution in [2.24, 2.45) is 11.8 Å². The summed E-state index contributed by atoms with van der Waals surface area (Å²) in [5, 5.41) is 0. The van der Waals surface area contributed by atoms with E-state index in [0.717, 1.165) is 5.92 Å². The first kappa shape index (κ1) is 11.5. The van der Waals surface area contributed by atoms with E-state index in [9.17, 15) is 0 Å². The maximum absolute atomic E-state index is 3.92. The third-order valence-corrected chi connectivity index (χ3v) is 2.21. The second kappa shape index (κ2) is 6.05. The Bertz CT molecular complexity index is 144. The Morgan fingerprint density at radius 1 is 1.33 bits per heavy atom. The van der Waals surface area contributed by atoms with Gasteiger partial charge in [-0.2, -0.15) is 0 Å². The molecular weight excluding hydrogens is 144 g/mol. The zero-order chi connectivity index (χ0) is 9.56. The molecule has 0 saturated carbocycles. The molecule has 0 aromatic rings. The maximum Gasteiger partial charge on any atom is -0.0265 e.